The van der Waals surface area contributed by atoms with E-state index in [1.165, 1.54) is 7.11 Å². The van der Waals surface area contributed by atoms with E-state index >= 15 is 0 Å². The molecule has 0 radical (unpaired) electrons. The van der Waals surface area contributed by atoms with E-state index in [1.807, 2.05) is 18.9 Å². The largest absolute Gasteiger partial charge is 0.467 e. The monoisotopic (exact) mass is 241 g/mol. The minimum atomic E-state index is -0.422. The third kappa shape index (κ3) is 2.89. The first-order valence-corrected chi connectivity index (χ1v) is 5.88. The minimum Gasteiger partial charge on any atom is -0.467 e. The van der Waals surface area contributed by atoms with Gasteiger partial charge in [-0.1, -0.05) is 18.7 Å². The van der Waals surface area contributed by atoms with Crippen LogP contribution in [-0.2, 0) is 9.53 Å². The van der Waals surface area contributed by atoms with Crippen LogP contribution < -0.4 is 0 Å². The molecule has 5 nitrogen and oxygen atoms in total. The standard InChI is InChI=1S/C10H15N3O2S/c1-7-8(9(14)15-3)12-10(16-7)13(2)6-4-5-11/h7-8H,4,6H2,1-3H3. The molecule has 2 atom stereocenters. The molecule has 16 heavy (non-hydrogen) atoms. The number of carbonyl (C=O) groups excluding carboxylic acids is 1. The average Bonchev–Trinajstić information content (AvgIpc) is 2.67. The van der Waals surface area contributed by atoms with Gasteiger partial charge >= 0.3 is 5.97 Å². The molecular formula is C10H15N3O2S. The molecule has 0 N–H and O–H groups in total. The summed E-state index contributed by atoms with van der Waals surface area (Å²) in [7, 11) is 3.24. The number of esters is 1. The third-order valence-electron chi connectivity index (χ3n) is 2.31. The second kappa shape index (κ2) is 5.75. The predicted octanol–water partition coefficient (Wildman–Crippen LogP) is 0.865. The van der Waals surface area contributed by atoms with Crippen LogP contribution in [0.3, 0.4) is 0 Å². The van der Waals surface area contributed by atoms with Gasteiger partial charge in [0.2, 0.25) is 0 Å². The molecule has 6 heteroatoms. The highest BCUT2D eigenvalue weighted by Gasteiger charge is 2.34. The lowest BCUT2D eigenvalue weighted by atomic mass is 10.2. The molecule has 0 aromatic rings. The number of hydrogen-bond donors (Lipinski definition) is 0. The molecule has 1 aliphatic heterocycles. The number of ether oxygens (including phenoxy) is 1. The zero-order chi connectivity index (χ0) is 12.1. The maximum absolute atomic E-state index is 11.4. The van der Waals surface area contributed by atoms with Gasteiger partial charge in [-0.25, -0.2) is 9.79 Å². The Morgan fingerprint density at radius 1 is 1.75 bits per heavy atom. The van der Waals surface area contributed by atoms with Crippen molar-refractivity contribution in [3.8, 4) is 6.07 Å². The Morgan fingerprint density at radius 2 is 2.44 bits per heavy atom. The summed E-state index contributed by atoms with van der Waals surface area (Å²) in [6.45, 7) is 2.57. The molecule has 1 heterocycles. The van der Waals surface area contributed by atoms with Crippen LogP contribution in [0.1, 0.15) is 13.3 Å². The lowest BCUT2D eigenvalue weighted by Crippen LogP contribution is -2.26. The van der Waals surface area contributed by atoms with Crippen LogP contribution in [0.4, 0.5) is 0 Å². The number of rotatable bonds is 3. The first-order chi connectivity index (χ1) is 7.60. The van der Waals surface area contributed by atoms with Crippen molar-refractivity contribution in [2.75, 3.05) is 20.7 Å². The molecule has 0 saturated carbocycles. The normalized spacial score (nSPS) is 23.5. The zero-order valence-electron chi connectivity index (χ0n) is 9.64. The van der Waals surface area contributed by atoms with Gasteiger partial charge in [0.25, 0.3) is 0 Å². The SMILES string of the molecule is COC(=O)C1N=C(N(C)CCC#N)SC1C. The average molecular weight is 241 g/mol. The Kier molecular flexibility index (Phi) is 4.62. The van der Waals surface area contributed by atoms with Gasteiger partial charge in [-0.05, 0) is 0 Å². The van der Waals surface area contributed by atoms with Crippen LogP contribution in [0, 0.1) is 11.3 Å². The Labute approximate surface area is 99.5 Å². The second-order valence-corrected chi connectivity index (χ2v) is 4.88. The van der Waals surface area contributed by atoms with E-state index in [-0.39, 0.29) is 11.2 Å². The molecule has 0 aliphatic carbocycles. The summed E-state index contributed by atoms with van der Waals surface area (Å²) < 4.78 is 4.68. The molecule has 1 rings (SSSR count). The van der Waals surface area contributed by atoms with Gasteiger partial charge in [0.15, 0.2) is 11.2 Å². The predicted molar refractivity (Wildman–Crippen MR) is 63.2 cm³/mol. The van der Waals surface area contributed by atoms with Crippen LogP contribution in [0.25, 0.3) is 0 Å². The van der Waals surface area contributed by atoms with E-state index in [0.29, 0.717) is 13.0 Å². The number of nitrogens with zero attached hydrogens (tertiary/aromatic N) is 3. The number of thioether (sulfide) groups is 1. The molecule has 0 bridgehead atoms. The van der Waals surface area contributed by atoms with Gasteiger partial charge in [-0.3, -0.25) is 0 Å². The molecule has 0 aromatic heterocycles. The highest BCUT2D eigenvalue weighted by atomic mass is 32.2. The van der Waals surface area contributed by atoms with Gasteiger partial charge in [0, 0.05) is 18.8 Å². The quantitative estimate of drug-likeness (QED) is 0.686. The number of carbonyl (C=O) groups is 1. The van der Waals surface area contributed by atoms with Crippen LogP contribution in [0.5, 0.6) is 0 Å². The molecular weight excluding hydrogens is 226 g/mol. The maximum atomic E-state index is 11.4. The Morgan fingerprint density at radius 3 is 3.00 bits per heavy atom. The fourth-order valence-electron chi connectivity index (χ4n) is 1.35. The van der Waals surface area contributed by atoms with E-state index in [9.17, 15) is 4.79 Å². The summed E-state index contributed by atoms with van der Waals surface area (Å²) in [5.41, 5.74) is 0. The number of nitriles is 1. The van der Waals surface area contributed by atoms with Crippen LogP contribution in [0.15, 0.2) is 4.99 Å². The van der Waals surface area contributed by atoms with Crippen LogP contribution in [-0.4, -0.2) is 48.0 Å². The number of hydrogen-bond acceptors (Lipinski definition) is 6. The maximum Gasteiger partial charge on any atom is 0.331 e. The summed E-state index contributed by atoms with van der Waals surface area (Å²) in [5, 5.41) is 9.38. The lowest BCUT2D eigenvalue weighted by molar-refractivity contribution is -0.141. The first-order valence-electron chi connectivity index (χ1n) is 5.00. The highest BCUT2D eigenvalue weighted by Crippen LogP contribution is 2.28. The van der Waals surface area contributed by atoms with Crippen LogP contribution in [0.2, 0.25) is 0 Å². The minimum absolute atomic E-state index is 0.0898. The van der Waals surface area contributed by atoms with Crippen molar-refractivity contribution in [1.82, 2.24) is 4.90 Å². The van der Waals surface area contributed by atoms with Crippen molar-refractivity contribution < 1.29 is 9.53 Å². The lowest BCUT2D eigenvalue weighted by Gasteiger charge is -2.16. The summed E-state index contributed by atoms with van der Waals surface area (Å²) in [5.74, 6) is -0.302. The summed E-state index contributed by atoms with van der Waals surface area (Å²) in [6, 6.07) is 1.66. The third-order valence-corrected chi connectivity index (χ3v) is 3.57. The molecule has 1 aliphatic rings. The fourth-order valence-corrected chi connectivity index (χ4v) is 2.43. The van der Waals surface area contributed by atoms with E-state index < -0.39 is 6.04 Å². The van der Waals surface area contributed by atoms with Crippen molar-refractivity contribution in [2.45, 2.75) is 24.6 Å². The van der Waals surface area contributed by atoms with E-state index in [4.69, 9.17) is 5.26 Å². The van der Waals surface area contributed by atoms with Crippen LogP contribution >= 0.6 is 11.8 Å². The zero-order valence-corrected chi connectivity index (χ0v) is 10.5. The van der Waals surface area contributed by atoms with Gasteiger partial charge in [-0.15, -0.1) is 0 Å². The molecule has 0 fully saturated rings. The van der Waals surface area contributed by atoms with E-state index in [2.05, 4.69) is 15.8 Å². The molecule has 0 aromatic carbocycles. The van der Waals surface area contributed by atoms with E-state index in [1.54, 1.807) is 11.8 Å². The molecule has 0 saturated heterocycles. The second-order valence-electron chi connectivity index (χ2n) is 3.53. The van der Waals surface area contributed by atoms with Crippen molar-refractivity contribution in [3.63, 3.8) is 0 Å². The highest BCUT2D eigenvalue weighted by molar-refractivity contribution is 8.14. The topological polar surface area (TPSA) is 65.7 Å². The number of aliphatic imine (C=N–C) groups is 1. The molecule has 0 spiro atoms. The number of methoxy groups -OCH3 is 1. The van der Waals surface area contributed by atoms with Crippen molar-refractivity contribution in [2.24, 2.45) is 4.99 Å². The first kappa shape index (κ1) is 12.8. The molecule has 2 unspecified atom stereocenters. The Balaban J connectivity index is 2.63. The van der Waals surface area contributed by atoms with Gasteiger partial charge in [0.1, 0.15) is 0 Å². The van der Waals surface area contributed by atoms with Crippen molar-refractivity contribution in [3.05, 3.63) is 0 Å². The summed E-state index contributed by atoms with van der Waals surface area (Å²) >= 11 is 1.54. The van der Waals surface area contributed by atoms with Gasteiger partial charge in [0.05, 0.1) is 19.6 Å². The van der Waals surface area contributed by atoms with Gasteiger partial charge in [-0.2, -0.15) is 5.26 Å². The van der Waals surface area contributed by atoms with Gasteiger partial charge < -0.3 is 9.64 Å². The Bertz CT molecular complexity index is 337. The number of amidine groups is 1. The molecule has 88 valence electrons. The van der Waals surface area contributed by atoms with Crippen molar-refractivity contribution in [1.29, 1.82) is 5.26 Å². The summed E-state index contributed by atoms with van der Waals surface area (Å²) in [6.07, 6.45) is 0.452. The molecule has 0 amide bonds. The Hall–Kier alpha value is -1.22. The van der Waals surface area contributed by atoms with Crippen molar-refractivity contribution >= 4 is 22.9 Å². The smallest absolute Gasteiger partial charge is 0.331 e. The van der Waals surface area contributed by atoms with E-state index in [0.717, 1.165) is 5.17 Å². The fraction of sp³-hybridized carbons (Fsp3) is 0.700. The summed E-state index contributed by atoms with van der Waals surface area (Å²) in [4.78, 5) is 17.6.